The molecule has 1 aliphatic heterocycles. The van der Waals surface area contributed by atoms with Crippen molar-refractivity contribution < 1.29 is 4.79 Å². The van der Waals surface area contributed by atoms with Gasteiger partial charge in [-0.15, -0.1) is 0 Å². The number of carbonyl (C=O) groups excluding carboxylic acids is 1. The molecule has 0 saturated carbocycles. The number of hydrogen-bond donors (Lipinski definition) is 0. The monoisotopic (exact) mass is 252 g/mol. The molecule has 1 fully saturated rings. The van der Waals surface area contributed by atoms with Crippen molar-refractivity contribution in [2.45, 2.75) is 12.8 Å². The van der Waals surface area contributed by atoms with E-state index in [2.05, 4.69) is 4.98 Å². The van der Waals surface area contributed by atoms with Crippen LogP contribution in [0.25, 0.3) is 11.1 Å². The molecule has 1 aromatic carbocycles. The molecule has 19 heavy (non-hydrogen) atoms. The van der Waals surface area contributed by atoms with E-state index in [4.69, 9.17) is 0 Å². The van der Waals surface area contributed by atoms with Gasteiger partial charge >= 0.3 is 0 Å². The van der Waals surface area contributed by atoms with Crippen LogP contribution in [-0.2, 0) is 0 Å². The second kappa shape index (κ2) is 5.22. The minimum atomic E-state index is 0.124. The molecule has 0 atom stereocenters. The SMILES string of the molecule is O=C(c1ccncc1-c1ccccc1)N1CCCC1. The zero-order valence-corrected chi connectivity index (χ0v) is 10.7. The zero-order valence-electron chi connectivity index (χ0n) is 10.7. The fraction of sp³-hybridized carbons (Fsp3) is 0.250. The lowest BCUT2D eigenvalue weighted by molar-refractivity contribution is 0.0793. The summed E-state index contributed by atoms with van der Waals surface area (Å²) >= 11 is 0. The molecule has 0 radical (unpaired) electrons. The van der Waals surface area contributed by atoms with E-state index < -0.39 is 0 Å². The molecular weight excluding hydrogens is 236 g/mol. The number of likely N-dealkylation sites (tertiary alicyclic amines) is 1. The second-order valence-electron chi connectivity index (χ2n) is 4.79. The molecule has 0 unspecified atom stereocenters. The molecular formula is C16H16N2O. The maximum Gasteiger partial charge on any atom is 0.254 e. The van der Waals surface area contributed by atoms with Gasteiger partial charge in [0.05, 0.1) is 5.56 Å². The molecule has 3 nitrogen and oxygen atoms in total. The number of rotatable bonds is 2. The predicted molar refractivity (Wildman–Crippen MR) is 74.8 cm³/mol. The Morgan fingerprint density at radius 1 is 1.05 bits per heavy atom. The van der Waals surface area contributed by atoms with E-state index in [-0.39, 0.29) is 5.91 Å². The van der Waals surface area contributed by atoms with E-state index in [9.17, 15) is 4.79 Å². The van der Waals surface area contributed by atoms with Gasteiger partial charge in [0.15, 0.2) is 0 Å². The maximum atomic E-state index is 12.5. The third-order valence-electron chi connectivity index (χ3n) is 3.53. The van der Waals surface area contributed by atoms with Gasteiger partial charge in [0.25, 0.3) is 5.91 Å². The first kappa shape index (κ1) is 11.9. The summed E-state index contributed by atoms with van der Waals surface area (Å²) in [6.45, 7) is 1.74. The molecule has 3 heteroatoms. The third-order valence-corrected chi connectivity index (χ3v) is 3.53. The van der Waals surface area contributed by atoms with E-state index >= 15 is 0 Å². The number of benzene rings is 1. The van der Waals surface area contributed by atoms with Gasteiger partial charge in [0, 0.05) is 31.0 Å². The molecule has 1 saturated heterocycles. The minimum Gasteiger partial charge on any atom is -0.339 e. The Balaban J connectivity index is 2.00. The van der Waals surface area contributed by atoms with E-state index in [1.165, 1.54) is 0 Å². The third kappa shape index (κ3) is 2.36. The number of amides is 1. The molecule has 0 aliphatic carbocycles. The van der Waals surface area contributed by atoms with Crippen LogP contribution in [0.5, 0.6) is 0 Å². The van der Waals surface area contributed by atoms with Crippen LogP contribution in [0.15, 0.2) is 48.8 Å². The summed E-state index contributed by atoms with van der Waals surface area (Å²) in [5.41, 5.74) is 2.71. The van der Waals surface area contributed by atoms with E-state index in [1.54, 1.807) is 12.4 Å². The van der Waals surface area contributed by atoms with Crippen LogP contribution >= 0.6 is 0 Å². The second-order valence-corrected chi connectivity index (χ2v) is 4.79. The van der Waals surface area contributed by atoms with Crippen molar-refractivity contribution in [2.75, 3.05) is 13.1 Å². The maximum absolute atomic E-state index is 12.5. The molecule has 2 heterocycles. The summed E-state index contributed by atoms with van der Waals surface area (Å²) in [5, 5.41) is 0. The first-order valence-electron chi connectivity index (χ1n) is 6.65. The fourth-order valence-corrected chi connectivity index (χ4v) is 2.52. The Labute approximate surface area is 112 Å². The smallest absolute Gasteiger partial charge is 0.254 e. The summed E-state index contributed by atoms with van der Waals surface area (Å²) in [5.74, 6) is 0.124. The van der Waals surface area contributed by atoms with Crippen LogP contribution in [0.4, 0.5) is 0 Å². The Morgan fingerprint density at radius 2 is 1.79 bits per heavy atom. The van der Waals surface area contributed by atoms with Crippen molar-refractivity contribution in [1.82, 2.24) is 9.88 Å². The summed E-state index contributed by atoms with van der Waals surface area (Å²) in [4.78, 5) is 18.6. The number of aromatic nitrogens is 1. The molecule has 2 aromatic rings. The van der Waals surface area contributed by atoms with E-state index in [0.717, 1.165) is 42.6 Å². The molecule has 0 N–H and O–H groups in total. The molecule has 1 aliphatic rings. The van der Waals surface area contributed by atoms with Crippen LogP contribution in [0.3, 0.4) is 0 Å². The fourth-order valence-electron chi connectivity index (χ4n) is 2.52. The molecule has 0 bridgehead atoms. The molecule has 1 amide bonds. The van der Waals surface area contributed by atoms with Crippen LogP contribution in [-0.4, -0.2) is 28.9 Å². The van der Waals surface area contributed by atoms with E-state index in [1.807, 2.05) is 41.3 Å². The number of pyridine rings is 1. The van der Waals surface area contributed by atoms with Gasteiger partial charge in [-0.2, -0.15) is 0 Å². The van der Waals surface area contributed by atoms with Crippen molar-refractivity contribution in [2.24, 2.45) is 0 Å². The highest BCUT2D eigenvalue weighted by molar-refractivity contribution is 6.00. The predicted octanol–water partition coefficient (Wildman–Crippen LogP) is 2.98. The first-order chi connectivity index (χ1) is 9.36. The van der Waals surface area contributed by atoms with Gasteiger partial charge in [-0.25, -0.2) is 0 Å². The van der Waals surface area contributed by atoms with Gasteiger partial charge in [-0.1, -0.05) is 30.3 Å². The highest BCUT2D eigenvalue weighted by Gasteiger charge is 2.22. The number of hydrogen-bond acceptors (Lipinski definition) is 2. The average Bonchev–Trinajstić information content (AvgIpc) is 3.02. The van der Waals surface area contributed by atoms with Crippen LogP contribution in [0, 0.1) is 0 Å². The summed E-state index contributed by atoms with van der Waals surface area (Å²) in [6, 6.07) is 11.8. The van der Waals surface area contributed by atoms with Crippen LogP contribution in [0.2, 0.25) is 0 Å². The Hall–Kier alpha value is -2.16. The molecule has 96 valence electrons. The Bertz CT molecular complexity index is 574. The van der Waals surface area contributed by atoms with E-state index in [0.29, 0.717) is 0 Å². The standard InChI is InChI=1S/C16H16N2O/c19-16(18-10-4-5-11-18)14-8-9-17-12-15(14)13-6-2-1-3-7-13/h1-3,6-9,12H,4-5,10-11H2. The van der Waals surface area contributed by atoms with Gasteiger partial charge in [-0.05, 0) is 24.5 Å². The quantitative estimate of drug-likeness (QED) is 0.823. The summed E-state index contributed by atoms with van der Waals surface area (Å²) in [7, 11) is 0. The normalized spacial score (nSPS) is 14.6. The molecule has 1 aromatic heterocycles. The summed E-state index contributed by atoms with van der Waals surface area (Å²) < 4.78 is 0. The van der Waals surface area contributed by atoms with Crippen LogP contribution < -0.4 is 0 Å². The largest absolute Gasteiger partial charge is 0.339 e. The van der Waals surface area contributed by atoms with Crippen LogP contribution in [0.1, 0.15) is 23.2 Å². The highest BCUT2D eigenvalue weighted by atomic mass is 16.2. The number of carbonyl (C=O) groups is 1. The lowest BCUT2D eigenvalue weighted by atomic mass is 10.0. The van der Waals surface area contributed by atoms with Crippen molar-refractivity contribution in [3.63, 3.8) is 0 Å². The number of nitrogens with zero attached hydrogens (tertiary/aromatic N) is 2. The molecule has 0 spiro atoms. The van der Waals surface area contributed by atoms with Crippen molar-refractivity contribution in [3.8, 4) is 11.1 Å². The van der Waals surface area contributed by atoms with Gasteiger partial charge in [0.2, 0.25) is 0 Å². The van der Waals surface area contributed by atoms with Gasteiger partial charge in [-0.3, -0.25) is 9.78 Å². The lowest BCUT2D eigenvalue weighted by Gasteiger charge is -2.17. The summed E-state index contributed by atoms with van der Waals surface area (Å²) in [6.07, 6.45) is 5.68. The van der Waals surface area contributed by atoms with Gasteiger partial charge in [0.1, 0.15) is 0 Å². The minimum absolute atomic E-state index is 0.124. The Morgan fingerprint density at radius 3 is 2.53 bits per heavy atom. The first-order valence-corrected chi connectivity index (χ1v) is 6.65. The Kier molecular flexibility index (Phi) is 3.27. The highest BCUT2D eigenvalue weighted by Crippen LogP contribution is 2.24. The van der Waals surface area contributed by atoms with Crippen molar-refractivity contribution in [1.29, 1.82) is 0 Å². The topological polar surface area (TPSA) is 33.2 Å². The molecule has 3 rings (SSSR count). The average molecular weight is 252 g/mol. The van der Waals surface area contributed by atoms with Crippen molar-refractivity contribution >= 4 is 5.91 Å². The van der Waals surface area contributed by atoms with Crippen molar-refractivity contribution in [3.05, 3.63) is 54.4 Å². The zero-order chi connectivity index (χ0) is 13.1. The lowest BCUT2D eigenvalue weighted by Crippen LogP contribution is -2.28. The van der Waals surface area contributed by atoms with Gasteiger partial charge < -0.3 is 4.90 Å².